The Balaban J connectivity index is 1.23. The molecule has 1 atom stereocenters. The van der Waals surface area contributed by atoms with Crippen LogP contribution in [0.3, 0.4) is 0 Å². The Labute approximate surface area is 202 Å². The van der Waals surface area contributed by atoms with Gasteiger partial charge in [0.15, 0.2) is 11.4 Å². The number of hydrogen-bond acceptors (Lipinski definition) is 6. The van der Waals surface area contributed by atoms with Crippen molar-refractivity contribution in [3.05, 3.63) is 88.7 Å². The van der Waals surface area contributed by atoms with Gasteiger partial charge in [0.25, 0.3) is 0 Å². The van der Waals surface area contributed by atoms with Crippen molar-refractivity contribution in [2.45, 2.75) is 36.7 Å². The summed E-state index contributed by atoms with van der Waals surface area (Å²) >= 11 is 0. The molecule has 3 aliphatic heterocycles. The van der Waals surface area contributed by atoms with E-state index in [1.165, 1.54) is 0 Å². The molecule has 3 aromatic rings. The van der Waals surface area contributed by atoms with Crippen LogP contribution in [0.4, 0.5) is 11.4 Å². The SMILES string of the molecule is O=C1OC2(CCNC2)c2ccnc(C(=O)C3(c4ccc(N5C(=O)Cc6ccccc65)cc4)CC3)c21. The maximum absolute atomic E-state index is 13.8. The lowest BCUT2D eigenvalue weighted by Gasteiger charge is -2.22. The molecular formula is C28H23N3O4. The van der Waals surface area contributed by atoms with Crippen molar-refractivity contribution >= 4 is 29.0 Å². The molecule has 1 saturated carbocycles. The summed E-state index contributed by atoms with van der Waals surface area (Å²) in [6.07, 6.45) is 4.09. The fourth-order valence-corrected chi connectivity index (χ4v) is 5.96. The molecule has 2 aromatic carbocycles. The van der Waals surface area contributed by atoms with E-state index in [2.05, 4.69) is 10.3 Å². The maximum Gasteiger partial charge on any atom is 0.341 e. The van der Waals surface area contributed by atoms with Crippen molar-refractivity contribution in [2.75, 3.05) is 18.0 Å². The third kappa shape index (κ3) is 2.82. The highest BCUT2D eigenvalue weighted by Crippen LogP contribution is 2.52. The van der Waals surface area contributed by atoms with Gasteiger partial charge in [0, 0.05) is 30.4 Å². The minimum absolute atomic E-state index is 0.0362. The molecule has 1 aliphatic carbocycles. The van der Waals surface area contributed by atoms with Gasteiger partial charge in [-0.1, -0.05) is 30.3 Å². The number of nitrogens with zero attached hydrogens (tertiary/aromatic N) is 2. The summed E-state index contributed by atoms with van der Waals surface area (Å²) in [5.74, 6) is -0.559. The van der Waals surface area contributed by atoms with Gasteiger partial charge in [0.2, 0.25) is 5.91 Å². The van der Waals surface area contributed by atoms with Gasteiger partial charge in [0.1, 0.15) is 5.69 Å². The van der Waals surface area contributed by atoms with Crippen molar-refractivity contribution < 1.29 is 19.1 Å². The van der Waals surface area contributed by atoms with E-state index in [0.29, 0.717) is 37.8 Å². The largest absolute Gasteiger partial charge is 0.449 e. The highest BCUT2D eigenvalue weighted by Gasteiger charge is 2.55. The fourth-order valence-electron chi connectivity index (χ4n) is 5.96. The Bertz CT molecular complexity index is 1420. The number of ether oxygens (including phenoxy) is 1. The van der Waals surface area contributed by atoms with Crippen LogP contribution >= 0.6 is 0 Å². The second-order valence-electron chi connectivity index (χ2n) is 9.89. The van der Waals surface area contributed by atoms with Gasteiger partial charge < -0.3 is 10.1 Å². The average Bonchev–Trinajstić information content (AvgIpc) is 3.30. The first kappa shape index (κ1) is 20.5. The van der Waals surface area contributed by atoms with Gasteiger partial charge in [-0.15, -0.1) is 0 Å². The normalized spacial score (nSPS) is 23.4. The highest BCUT2D eigenvalue weighted by atomic mass is 16.6. The molecule has 1 amide bonds. The predicted molar refractivity (Wildman–Crippen MR) is 128 cm³/mol. The number of benzene rings is 2. The molecule has 1 spiro atoms. The van der Waals surface area contributed by atoms with Crippen LogP contribution < -0.4 is 10.2 Å². The highest BCUT2D eigenvalue weighted by molar-refractivity contribution is 6.13. The van der Waals surface area contributed by atoms with Gasteiger partial charge in [-0.3, -0.25) is 19.5 Å². The molecule has 7 rings (SSSR count). The van der Waals surface area contributed by atoms with E-state index in [1.807, 2.05) is 54.6 Å². The second kappa shape index (κ2) is 7.09. The topological polar surface area (TPSA) is 88.6 Å². The number of aromatic nitrogens is 1. The number of esters is 1. The van der Waals surface area contributed by atoms with E-state index < -0.39 is 17.0 Å². The predicted octanol–water partition coefficient (Wildman–Crippen LogP) is 3.58. The maximum atomic E-state index is 13.8. The summed E-state index contributed by atoms with van der Waals surface area (Å²) < 4.78 is 5.79. The van der Waals surface area contributed by atoms with E-state index in [0.717, 1.165) is 34.6 Å². The molecule has 1 aromatic heterocycles. The molecule has 7 heteroatoms. The summed E-state index contributed by atoms with van der Waals surface area (Å²) in [4.78, 5) is 45.5. The molecule has 1 unspecified atom stereocenters. The van der Waals surface area contributed by atoms with Crippen molar-refractivity contribution in [2.24, 2.45) is 0 Å². The number of anilines is 2. The van der Waals surface area contributed by atoms with Gasteiger partial charge in [-0.05, 0) is 54.8 Å². The molecule has 174 valence electrons. The zero-order valence-corrected chi connectivity index (χ0v) is 19.0. The first-order chi connectivity index (χ1) is 17.0. The van der Waals surface area contributed by atoms with Gasteiger partial charge in [-0.25, -0.2) is 4.79 Å². The third-order valence-electron chi connectivity index (χ3n) is 7.95. The lowest BCUT2D eigenvalue weighted by Crippen LogP contribution is -2.29. The Morgan fingerprint density at radius 2 is 1.80 bits per heavy atom. The van der Waals surface area contributed by atoms with Crippen LogP contribution in [0, 0.1) is 0 Å². The standard InChI is InChI=1S/C28H23N3O4/c32-22-15-17-3-1-2-4-21(17)31(22)19-7-5-18(6-8-19)27(10-11-27)25(33)24-23-20(9-13-30-24)28(35-26(23)34)12-14-29-16-28/h1-9,13,29H,10-12,14-16H2. The lowest BCUT2D eigenvalue weighted by atomic mass is 9.85. The number of carbonyl (C=O) groups excluding carboxylic acids is 3. The minimum atomic E-state index is -0.697. The van der Waals surface area contributed by atoms with Crippen molar-refractivity contribution in [3.8, 4) is 0 Å². The number of Topliss-reactive ketones (excluding diaryl/α,β-unsaturated/α-hetero) is 1. The molecular weight excluding hydrogens is 442 g/mol. The number of amides is 1. The van der Waals surface area contributed by atoms with E-state index >= 15 is 0 Å². The molecule has 7 nitrogen and oxygen atoms in total. The first-order valence-electron chi connectivity index (χ1n) is 12.0. The summed E-state index contributed by atoms with van der Waals surface area (Å²) in [6, 6.07) is 17.3. The number of carbonyl (C=O) groups is 3. The Kier molecular flexibility index (Phi) is 4.16. The zero-order valence-electron chi connectivity index (χ0n) is 19.0. The summed E-state index contributed by atoms with van der Waals surface area (Å²) in [7, 11) is 0. The summed E-state index contributed by atoms with van der Waals surface area (Å²) in [6.45, 7) is 1.31. The van der Waals surface area contributed by atoms with Crippen LogP contribution in [0.5, 0.6) is 0 Å². The molecule has 0 radical (unpaired) electrons. The zero-order chi connectivity index (χ0) is 23.8. The third-order valence-corrected chi connectivity index (χ3v) is 7.95. The number of hydrogen-bond donors (Lipinski definition) is 1. The second-order valence-corrected chi connectivity index (χ2v) is 9.89. The monoisotopic (exact) mass is 465 g/mol. The molecule has 4 heterocycles. The van der Waals surface area contributed by atoms with Crippen LogP contribution in [0.15, 0.2) is 60.8 Å². The van der Waals surface area contributed by atoms with Crippen LogP contribution in [0.25, 0.3) is 0 Å². The van der Waals surface area contributed by atoms with Gasteiger partial charge in [0.05, 0.1) is 23.1 Å². The van der Waals surface area contributed by atoms with Gasteiger partial charge >= 0.3 is 5.97 Å². The lowest BCUT2D eigenvalue weighted by molar-refractivity contribution is -0.116. The minimum Gasteiger partial charge on any atom is -0.449 e. The van der Waals surface area contributed by atoms with E-state index in [4.69, 9.17) is 4.74 Å². The number of fused-ring (bicyclic) bond motifs is 3. The number of rotatable bonds is 4. The molecule has 4 aliphatic rings. The smallest absolute Gasteiger partial charge is 0.341 e. The number of pyridine rings is 1. The van der Waals surface area contributed by atoms with E-state index in [1.54, 1.807) is 11.1 Å². The molecule has 2 fully saturated rings. The summed E-state index contributed by atoms with van der Waals surface area (Å²) in [5.41, 5.74) is 3.49. The van der Waals surface area contributed by atoms with E-state index in [-0.39, 0.29) is 17.4 Å². The van der Waals surface area contributed by atoms with Crippen LogP contribution in [-0.4, -0.2) is 35.7 Å². The number of nitrogens with one attached hydrogen (secondary N) is 1. The number of ketones is 1. The molecule has 35 heavy (non-hydrogen) atoms. The Morgan fingerprint density at radius 1 is 1.00 bits per heavy atom. The Morgan fingerprint density at radius 3 is 2.54 bits per heavy atom. The molecule has 1 N–H and O–H groups in total. The van der Waals surface area contributed by atoms with Crippen molar-refractivity contribution in [1.29, 1.82) is 0 Å². The average molecular weight is 466 g/mol. The fraction of sp³-hybridized carbons (Fsp3) is 0.286. The quantitative estimate of drug-likeness (QED) is 0.468. The van der Waals surface area contributed by atoms with Crippen LogP contribution in [0.1, 0.15) is 56.8 Å². The molecule has 1 saturated heterocycles. The van der Waals surface area contributed by atoms with Gasteiger partial charge in [-0.2, -0.15) is 0 Å². The molecule has 0 bridgehead atoms. The first-order valence-corrected chi connectivity index (χ1v) is 12.0. The van der Waals surface area contributed by atoms with Crippen molar-refractivity contribution in [1.82, 2.24) is 10.3 Å². The van der Waals surface area contributed by atoms with E-state index in [9.17, 15) is 14.4 Å². The summed E-state index contributed by atoms with van der Waals surface area (Å²) in [5, 5.41) is 3.26. The number of para-hydroxylation sites is 1. The van der Waals surface area contributed by atoms with Crippen LogP contribution in [0.2, 0.25) is 0 Å². The van der Waals surface area contributed by atoms with Crippen LogP contribution in [-0.2, 0) is 27.0 Å². The Hall–Kier alpha value is -3.84. The van der Waals surface area contributed by atoms with Crippen molar-refractivity contribution in [3.63, 3.8) is 0 Å².